The van der Waals surface area contributed by atoms with Gasteiger partial charge >= 0.3 is 0 Å². The number of benzene rings is 1. The van der Waals surface area contributed by atoms with Crippen molar-refractivity contribution in [3.8, 4) is 0 Å². The van der Waals surface area contributed by atoms with Gasteiger partial charge in [-0.3, -0.25) is 14.9 Å². The van der Waals surface area contributed by atoms with Crippen LogP contribution in [0.25, 0.3) is 0 Å². The average molecular weight is 282 g/mol. The molecule has 1 heterocycles. The third-order valence-corrected chi connectivity index (χ3v) is 3.66. The van der Waals surface area contributed by atoms with Crippen LogP contribution in [-0.4, -0.2) is 10.7 Å². The predicted octanol–water partition coefficient (Wildman–Crippen LogP) is 3.74. The lowest BCUT2D eigenvalue weighted by Gasteiger charge is -2.00. The van der Waals surface area contributed by atoms with Crippen LogP contribution in [0.2, 0.25) is 4.34 Å². The van der Waals surface area contributed by atoms with E-state index in [1.54, 1.807) is 30.3 Å². The molecule has 0 aliphatic heterocycles. The third-order valence-electron chi connectivity index (χ3n) is 2.39. The molecule has 2 rings (SSSR count). The van der Waals surface area contributed by atoms with Crippen molar-refractivity contribution in [2.24, 2.45) is 0 Å². The van der Waals surface area contributed by atoms with Crippen LogP contribution in [0.1, 0.15) is 15.2 Å². The maximum Gasteiger partial charge on any atom is 0.273 e. The summed E-state index contributed by atoms with van der Waals surface area (Å²) in [5.41, 5.74) is 0.380. The normalized spacial score (nSPS) is 10.3. The van der Waals surface area contributed by atoms with Gasteiger partial charge in [0.15, 0.2) is 5.78 Å². The highest BCUT2D eigenvalue weighted by molar-refractivity contribution is 7.18. The fraction of sp³-hybridized carbons (Fsp3) is 0.0833. The highest BCUT2D eigenvalue weighted by atomic mass is 35.5. The predicted molar refractivity (Wildman–Crippen MR) is 70.5 cm³/mol. The molecule has 0 aliphatic rings. The lowest BCUT2D eigenvalue weighted by molar-refractivity contribution is -0.385. The van der Waals surface area contributed by atoms with E-state index in [1.807, 2.05) is 0 Å². The SMILES string of the molecule is O=C(Cc1ccccc1[N+](=O)[O-])c1ccc(Cl)s1. The molecule has 0 saturated heterocycles. The Labute approximate surface area is 112 Å². The van der Waals surface area contributed by atoms with E-state index in [-0.39, 0.29) is 17.9 Å². The van der Waals surface area contributed by atoms with Gasteiger partial charge in [-0.15, -0.1) is 11.3 Å². The molecular formula is C12H8ClNO3S. The Morgan fingerprint density at radius 3 is 2.61 bits per heavy atom. The zero-order valence-electron chi connectivity index (χ0n) is 9.13. The maximum atomic E-state index is 11.9. The first kappa shape index (κ1) is 12.7. The first-order valence-corrected chi connectivity index (χ1v) is 6.28. The molecule has 1 aromatic carbocycles. The molecule has 0 spiro atoms. The molecule has 0 aliphatic carbocycles. The van der Waals surface area contributed by atoms with Crippen molar-refractivity contribution in [2.75, 3.05) is 0 Å². The van der Waals surface area contributed by atoms with Crippen LogP contribution in [0, 0.1) is 10.1 Å². The lowest BCUT2D eigenvalue weighted by Crippen LogP contribution is -2.04. The Morgan fingerprint density at radius 1 is 1.28 bits per heavy atom. The van der Waals surface area contributed by atoms with E-state index in [1.165, 1.54) is 17.4 Å². The largest absolute Gasteiger partial charge is 0.293 e. The van der Waals surface area contributed by atoms with Crippen molar-refractivity contribution in [2.45, 2.75) is 6.42 Å². The second-order valence-electron chi connectivity index (χ2n) is 3.59. The van der Waals surface area contributed by atoms with Crippen molar-refractivity contribution in [3.05, 3.63) is 61.3 Å². The Hall–Kier alpha value is -1.72. The van der Waals surface area contributed by atoms with Crippen molar-refractivity contribution >= 4 is 34.4 Å². The van der Waals surface area contributed by atoms with Gasteiger partial charge in [0.1, 0.15) is 0 Å². The fourth-order valence-electron chi connectivity index (χ4n) is 1.56. The Kier molecular flexibility index (Phi) is 3.74. The fourth-order valence-corrected chi connectivity index (χ4v) is 2.54. The summed E-state index contributed by atoms with van der Waals surface area (Å²) in [7, 11) is 0. The molecule has 0 bridgehead atoms. The van der Waals surface area contributed by atoms with Crippen LogP contribution in [0.3, 0.4) is 0 Å². The summed E-state index contributed by atoms with van der Waals surface area (Å²) in [5.74, 6) is -0.166. The minimum absolute atomic E-state index is 0.00793. The van der Waals surface area contributed by atoms with Crippen LogP contribution in [0.5, 0.6) is 0 Å². The van der Waals surface area contributed by atoms with Gasteiger partial charge in [0, 0.05) is 18.1 Å². The number of halogens is 1. The molecule has 18 heavy (non-hydrogen) atoms. The summed E-state index contributed by atoms with van der Waals surface area (Å²) in [5, 5.41) is 10.8. The third kappa shape index (κ3) is 2.75. The van der Waals surface area contributed by atoms with Gasteiger partial charge in [-0.25, -0.2) is 0 Å². The lowest BCUT2D eigenvalue weighted by atomic mass is 10.1. The monoisotopic (exact) mass is 281 g/mol. The van der Waals surface area contributed by atoms with Gasteiger partial charge in [0.2, 0.25) is 0 Å². The van der Waals surface area contributed by atoms with E-state index >= 15 is 0 Å². The first-order chi connectivity index (χ1) is 8.58. The highest BCUT2D eigenvalue weighted by Gasteiger charge is 2.17. The molecule has 0 N–H and O–H groups in total. The summed E-state index contributed by atoms with van der Waals surface area (Å²) in [6, 6.07) is 9.50. The summed E-state index contributed by atoms with van der Waals surface area (Å²) >= 11 is 6.92. The minimum Gasteiger partial charge on any atom is -0.293 e. The number of hydrogen-bond acceptors (Lipinski definition) is 4. The van der Waals surface area contributed by atoms with E-state index in [0.717, 1.165) is 0 Å². The number of nitro benzene ring substituents is 1. The first-order valence-electron chi connectivity index (χ1n) is 5.09. The van der Waals surface area contributed by atoms with Crippen LogP contribution in [-0.2, 0) is 6.42 Å². The zero-order valence-corrected chi connectivity index (χ0v) is 10.7. The molecule has 1 aromatic heterocycles. The number of thiophene rings is 1. The number of rotatable bonds is 4. The van der Waals surface area contributed by atoms with Gasteiger partial charge in [0.25, 0.3) is 5.69 Å². The number of ketones is 1. The van der Waals surface area contributed by atoms with Gasteiger partial charge in [-0.2, -0.15) is 0 Å². The molecule has 92 valence electrons. The van der Waals surface area contributed by atoms with E-state index in [0.29, 0.717) is 14.8 Å². The van der Waals surface area contributed by atoms with Crippen LogP contribution >= 0.6 is 22.9 Å². The van der Waals surface area contributed by atoms with E-state index in [4.69, 9.17) is 11.6 Å². The molecule has 0 fully saturated rings. The molecule has 6 heteroatoms. The number of nitro groups is 1. The quantitative estimate of drug-likeness (QED) is 0.487. The molecule has 0 saturated carbocycles. The van der Waals surface area contributed by atoms with E-state index in [2.05, 4.69) is 0 Å². The molecule has 0 radical (unpaired) electrons. The molecule has 4 nitrogen and oxygen atoms in total. The molecule has 2 aromatic rings. The molecule has 0 amide bonds. The number of hydrogen-bond donors (Lipinski definition) is 0. The van der Waals surface area contributed by atoms with Crippen LogP contribution in [0.15, 0.2) is 36.4 Å². The van der Waals surface area contributed by atoms with Crippen LogP contribution in [0.4, 0.5) is 5.69 Å². The standard InChI is InChI=1S/C12H8ClNO3S/c13-12-6-5-11(18-12)10(15)7-8-3-1-2-4-9(8)14(16)17/h1-6H,7H2. The van der Waals surface area contributed by atoms with E-state index in [9.17, 15) is 14.9 Å². The van der Waals surface area contributed by atoms with Crippen molar-refractivity contribution < 1.29 is 9.72 Å². The number of carbonyl (C=O) groups is 1. The minimum atomic E-state index is -0.482. The number of nitrogens with zero attached hydrogens (tertiary/aromatic N) is 1. The smallest absolute Gasteiger partial charge is 0.273 e. The summed E-state index contributed by atoms with van der Waals surface area (Å²) in [4.78, 5) is 22.8. The average Bonchev–Trinajstić information content (AvgIpc) is 2.76. The topological polar surface area (TPSA) is 60.2 Å². The molecular weight excluding hydrogens is 274 g/mol. The van der Waals surface area contributed by atoms with Crippen molar-refractivity contribution in [1.82, 2.24) is 0 Å². The zero-order chi connectivity index (χ0) is 13.1. The van der Waals surface area contributed by atoms with Gasteiger partial charge in [0.05, 0.1) is 14.1 Å². The summed E-state index contributed by atoms with van der Waals surface area (Å²) < 4.78 is 0.529. The molecule has 0 unspecified atom stereocenters. The van der Waals surface area contributed by atoms with Gasteiger partial charge in [-0.05, 0) is 12.1 Å². The Bertz CT molecular complexity index is 609. The molecule has 0 atom stereocenters. The van der Waals surface area contributed by atoms with Gasteiger partial charge < -0.3 is 0 Å². The second-order valence-corrected chi connectivity index (χ2v) is 5.30. The second kappa shape index (κ2) is 5.29. The van der Waals surface area contributed by atoms with Crippen molar-refractivity contribution in [1.29, 1.82) is 0 Å². The highest BCUT2D eigenvalue weighted by Crippen LogP contribution is 2.25. The Balaban J connectivity index is 2.24. The number of carbonyl (C=O) groups excluding carboxylic acids is 1. The Morgan fingerprint density at radius 2 is 2.00 bits per heavy atom. The number of Topliss-reactive ketones (excluding diaryl/α,β-unsaturated/α-hetero) is 1. The number of para-hydroxylation sites is 1. The summed E-state index contributed by atoms with van der Waals surface area (Å²) in [6.45, 7) is 0. The van der Waals surface area contributed by atoms with Crippen LogP contribution < -0.4 is 0 Å². The summed E-state index contributed by atoms with van der Waals surface area (Å²) in [6.07, 6.45) is 0.00793. The van der Waals surface area contributed by atoms with Crippen molar-refractivity contribution in [3.63, 3.8) is 0 Å². The van der Waals surface area contributed by atoms with E-state index < -0.39 is 4.92 Å². The maximum absolute atomic E-state index is 11.9. The van der Waals surface area contributed by atoms with Gasteiger partial charge in [-0.1, -0.05) is 29.8 Å².